The second kappa shape index (κ2) is 8.05. The number of nitrogens with one attached hydrogen (secondary N) is 2. The minimum Gasteiger partial charge on any atom is -0.350 e. The third-order valence-corrected chi connectivity index (χ3v) is 3.96. The van der Waals surface area contributed by atoms with Gasteiger partial charge in [-0.15, -0.1) is 0 Å². The van der Waals surface area contributed by atoms with E-state index in [2.05, 4.69) is 33.2 Å². The maximum absolute atomic E-state index is 13.4. The van der Waals surface area contributed by atoms with E-state index in [1.807, 2.05) is 12.1 Å². The van der Waals surface area contributed by atoms with Crippen LogP contribution in [-0.2, 0) is 0 Å². The summed E-state index contributed by atoms with van der Waals surface area (Å²) >= 11 is 2.17. The smallest absolute Gasteiger partial charge is 0.251 e. The number of hydrogen-bond donors (Lipinski definition) is 2. The summed E-state index contributed by atoms with van der Waals surface area (Å²) in [5.41, 5.74) is 1.32. The van der Waals surface area contributed by atoms with E-state index < -0.39 is 5.82 Å². The van der Waals surface area contributed by atoms with Gasteiger partial charge < -0.3 is 10.6 Å². The molecule has 2 rings (SSSR count). The van der Waals surface area contributed by atoms with Crippen molar-refractivity contribution in [1.29, 1.82) is 0 Å². The van der Waals surface area contributed by atoms with Gasteiger partial charge in [-0.2, -0.15) is 0 Å². The molecule has 0 aliphatic heterocycles. The summed E-state index contributed by atoms with van der Waals surface area (Å²) in [4.78, 5) is 23.7. The molecule has 0 aliphatic carbocycles. The zero-order valence-electron chi connectivity index (χ0n) is 12.5. The molecule has 0 fully saturated rings. The van der Waals surface area contributed by atoms with E-state index in [1.165, 1.54) is 6.07 Å². The average Bonchev–Trinajstić information content (AvgIpc) is 2.54. The van der Waals surface area contributed by atoms with Crippen molar-refractivity contribution in [2.45, 2.75) is 6.92 Å². The number of carbonyl (C=O) groups excluding carboxylic acids is 2. The molecule has 2 aromatic rings. The Morgan fingerprint density at radius 3 is 2.04 bits per heavy atom. The Morgan fingerprint density at radius 2 is 1.48 bits per heavy atom. The lowest BCUT2D eigenvalue weighted by Gasteiger charge is -2.08. The summed E-state index contributed by atoms with van der Waals surface area (Å²) in [5.74, 6) is -0.978. The molecule has 2 N–H and O–H groups in total. The molecule has 23 heavy (non-hydrogen) atoms. The number of amides is 2. The van der Waals surface area contributed by atoms with Gasteiger partial charge in [-0.25, -0.2) is 4.39 Å². The monoisotopic (exact) mass is 426 g/mol. The fourth-order valence-electron chi connectivity index (χ4n) is 1.89. The Kier molecular flexibility index (Phi) is 6.09. The molecule has 0 radical (unpaired) electrons. The molecule has 2 amide bonds. The number of rotatable bonds is 5. The van der Waals surface area contributed by atoms with E-state index in [4.69, 9.17) is 0 Å². The first-order chi connectivity index (χ1) is 11.0. The lowest BCUT2D eigenvalue weighted by Crippen LogP contribution is -2.34. The first kappa shape index (κ1) is 17.4. The van der Waals surface area contributed by atoms with Crippen molar-refractivity contribution in [2.75, 3.05) is 13.1 Å². The highest BCUT2D eigenvalue weighted by atomic mass is 127. The Bertz CT molecular complexity index is 717. The minimum atomic E-state index is -0.412. The van der Waals surface area contributed by atoms with E-state index >= 15 is 0 Å². The summed E-state index contributed by atoms with van der Waals surface area (Å²) in [6.45, 7) is 2.20. The van der Waals surface area contributed by atoms with Gasteiger partial charge in [-0.3, -0.25) is 9.59 Å². The molecule has 0 aliphatic rings. The summed E-state index contributed by atoms with van der Waals surface area (Å²) in [6, 6.07) is 11.5. The normalized spacial score (nSPS) is 10.2. The van der Waals surface area contributed by atoms with Crippen LogP contribution in [0.5, 0.6) is 0 Å². The quantitative estimate of drug-likeness (QED) is 0.571. The van der Waals surface area contributed by atoms with Crippen LogP contribution < -0.4 is 10.6 Å². The number of carbonyl (C=O) groups is 2. The summed E-state index contributed by atoms with van der Waals surface area (Å²) in [7, 11) is 0. The Balaban J connectivity index is 1.78. The van der Waals surface area contributed by atoms with Gasteiger partial charge in [0.1, 0.15) is 5.82 Å². The molecule has 4 nitrogen and oxygen atoms in total. The fourth-order valence-corrected chi connectivity index (χ4v) is 2.25. The Labute approximate surface area is 147 Å². The SMILES string of the molecule is Cc1ccc(C(=O)NCCNC(=O)c2ccc(I)cc2)cc1F. The molecule has 0 heterocycles. The Hall–Kier alpha value is -1.96. The van der Waals surface area contributed by atoms with E-state index in [0.29, 0.717) is 17.7 Å². The molecule has 0 bridgehead atoms. The maximum atomic E-state index is 13.4. The number of aryl methyl sites for hydroxylation is 1. The van der Waals surface area contributed by atoms with Crippen molar-refractivity contribution < 1.29 is 14.0 Å². The molecular formula is C17H16FIN2O2. The van der Waals surface area contributed by atoms with E-state index in [9.17, 15) is 14.0 Å². The van der Waals surface area contributed by atoms with Crippen molar-refractivity contribution in [3.8, 4) is 0 Å². The topological polar surface area (TPSA) is 58.2 Å². The lowest BCUT2D eigenvalue weighted by atomic mass is 10.1. The Morgan fingerprint density at radius 1 is 0.957 bits per heavy atom. The van der Waals surface area contributed by atoms with Crippen LogP contribution in [0.1, 0.15) is 26.3 Å². The minimum absolute atomic E-state index is 0.197. The van der Waals surface area contributed by atoms with Crippen LogP contribution in [-0.4, -0.2) is 24.9 Å². The zero-order chi connectivity index (χ0) is 16.8. The summed E-state index contributed by atoms with van der Waals surface area (Å²) in [6.07, 6.45) is 0. The van der Waals surface area contributed by atoms with Gasteiger partial charge in [0.2, 0.25) is 0 Å². The van der Waals surface area contributed by atoms with Crippen LogP contribution in [0.2, 0.25) is 0 Å². The van der Waals surface area contributed by atoms with Crippen molar-refractivity contribution in [2.24, 2.45) is 0 Å². The average molecular weight is 426 g/mol. The zero-order valence-corrected chi connectivity index (χ0v) is 14.7. The van der Waals surface area contributed by atoms with Crippen LogP contribution in [0.25, 0.3) is 0 Å². The number of halogens is 2. The van der Waals surface area contributed by atoms with Gasteiger partial charge >= 0.3 is 0 Å². The van der Waals surface area contributed by atoms with E-state index in [-0.39, 0.29) is 23.9 Å². The molecule has 0 unspecified atom stereocenters. The molecular weight excluding hydrogens is 410 g/mol. The molecule has 0 saturated carbocycles. The summed E-state index contributed by atoms with van der Waals surface area (Å²) in [5, 5.41) is 5.36. The van der Waals surface area contributed by atoms with Gasteiger partial charge in [0.05, 0.1) is 0 Å². The molecule has 0 saturated heterocycles. The number of benzene rings is 2. The van der Waals surface area contributed by atoms with Crippen molar-refractivity contribution in [3.63, 3.8) is 0 Å². The largest absolute Gasteiger partial charge is 0.350 e. The first-order valence-corrected chi connectivity index (χ1v) is 8.13. The van der Waals surface area contributed by atoms with Crippen LogP contribution in [0.4, 0.5) is 4.39 Å². The van der Waals surface area contributed by atoms with Crippen molar-refractivity contribution in [1.82, 2.24) is 10.6 Å². The highest BCUT2D eigenvalue weighted by Gasteiger charge is 2.08. The standard InChI is InChI=1S/C17H16FIN2O2/c1-11-2-3-13(10-15(11)18)17(23)21-9-8-20-16(22)12-4-6-14(19)7-5-12/h2-7,10H,8-9H2,1H3,(H,20,22)(H,21,23). The molecule has 2 aromatic carbocycles. The van der Waals surface area contributed by atoms with Crippen LogP contribution in [0.3, 0.4) is 0 Å². The third kappa shape index (κ3) is 5.02. The van der Waals surface area contributed by atoms with Crippen LogP contribution >= 0.6 is 22.6 Å². The predicted molar refractivity (Wildman–Crippen MR) is 95.0 cm³/mol. The molecule has 0 atom stereocenters. The van der Waals surface area contributed by atoms with Gasteiger partial charge in [-0.1, -0.05) is 6.07 Å². The van der Waals surface area contributed by atoms with Gasteiger partial charge in [0.15, 0.2) is 0 Å². The molecule has 6 heteroatoms. The molecule has 120 valence electrons. The fraction of sp³-hybridized carbons (Fsp3) is 0.176. The summed E-state index contributed by atoms with van der Waals surface area (Å²) < 4.78 is 14.5. The lowest BCUT2D eigenvalue weighted by molar-refractivity contribution is 0.0927. The number of hydrogen-bond acceptors (Lipinski definition) is 2. The van der Waals surface area contributed by atoms with E-state index in [0.717, 1.165) is 3.57 Å². The first-order valence-electron chi connectivity index (χ1n) is 7.05. The second-order valence-electron chi connectivity index (χ2n) is 4.98. The predicted octanol–water partition coefficient (Wildman–Crippen LogP) is 2.90. The second-order valence-corrected chi connectivity index (χ2v) is 6.23. The third-order valence-electron chi connectivity index (χ3n) is 3.24. The highest BCUT2D eigenvalue weighted by Crippen LogP contribution is 2.09. The van der Waals surface area contributed by atoms with E-state index in [1.54, 1.807) is 31.2 Å². The van der Waals surface area contributed by atoms with Crippen LogP contribution in [0, 0.1) is 16.3 Å². The van der Waals surface area contributed by atoms with Gasteiger partial charge in [0, 0.05) is 27.8 Å². The molecule has 0 aromatic heterocycles. The van der Waals surface area contributed by atoms with Gasteiger partial charge in [-0.05, 0) is 71.5 Å². The van der Waals surface area contributed by atoms with Crippen molar-refractivity contribution in [3.05, 3.63) is 68.5 Å². The van der Waals surface area contributed by atoms with Crippen LogP contribution in [0.15, 0.2) is 42.5 Å². The molecule has 0 spiro atoms. The maximum Gasteiger partial charge on any atom is 0.251 e. The van der Waals surface area contributed by atoms with Crippen molar-refractivity contribution >= 4 is 34.4 Å². The van der Waals surface area contributed by atoms with Gasteiger partial charge in [0.25, 0.3) is 11.8 Å². The highest BCUT2D eigenvalue weighted by molar-refractivity contribution is 14.1.